The van der Waals surface area contributed by atoms with Gasteiger partial charge in [-0.25, -0.2) is 0 Å². The van der Waals surface area contributed by atoms with Gasteiger partial charge in [-0.1, -0.05) is 19.6 Å². The molecule has 2 aliphatic heterocycles. The van der Waals surface area contributed by atoms with E-state index in [9.17, 15) is 0 Å². The molecule has 0 radical (unpaired) electrons. The Morgan fingerprint density at radius 3 is 2.57 bits per heavy atom. The van der Waals surface area contributed by atoms with Crippen LogP contribution in [-0.4, -0.2) is 56.1 Å². The molecule has 2 saturated heterocycles. The van der Waals surface area contributed by atoms with Gasteiger partial charge in [0.05, 0.1) is 28.8 Å². The van der Waals surface area contributed by atoms with E-state index in [0.717, 1.165) is 63.8 Å². The van der Waals surface area contributed by atoms with Gasteiger partial charge in [0.15, 0.2) is 0 Å². The smallest absolute Gasteiger partial charge is 0.116 e. The summed E-state index contributed by atoms with van der Waals surface area (Å²) in [6.45, 7) is 13.2. The second-order valence-electron chi connectivity index (χ2n) is 10.6. The number of hydrogen-bond acceptors (Lipinski definition) is 6. The quantitative estimate of drug-likeness (QED) is 0.336. The average molecular weight is 494 g/mol. The minimum atomic E-state index is 0.742. The van der Waals surface area contributed by atoms with Crippen molar-refractivity contribution < 1.29 is 0 Å². The molecule has 0 atom stereocenters. The minimum Gasteiger partial charge on any atom is -0.353 e. The lowest BCUT2D eigenvalue weighted by atomic mass is 9.98. The van der Waals surface area contributed by atoms with Gasteiger partial charge >= 0.3 is 0 Å². The average Bonchev–Trinajstić information content (AvgIpc) is 3.32. The molecule has 2 fully saturated rings. The topological polar surface area (TPSA) is 73.0 Å². The van der Waals surface area contributed by atoms with Crippen molar-refractivity contribution in [3.05, 3.63) is 78.5 Å². The van der Waals surface area contributed by atoms with Crippen molar-refractivity contribution in [3.8, 4) is 11.1 Å². The van der Waals surface area contributed by atoms with E-state index in [1.165, 1.54) is 51.0 Å². The molecule has 0 spiro atoms. The zero-order chi connectivity index (χ0) is 25.2. The standard InChI is InChI=1S/C30H35N7/c1-21-8-12-37(13-9-21)19-23-14-25(17-31-16-23)24-4-7-29-28(15-24)30(35-34-29)22(2)33-26-5-6-27(32-18-26)20-36-10-3-11-36/h4-7,14-18,21,33H,2-3,8-13,19-20H2,1H3,(H,34,35). The first-order valence-corrected chi connectivity index (χ1v) is 13.4. The number of benzene rings is 1. The SMILES string of the molecule is C=C(Nc1ccc(CN2CCC2)nc1)c1n[nH]c2ccc(-c3cncc(CN4CCC(C)CC4)c3)cc12. The zero-order valence-electron chi connectivity index (χ0n) is 21.6. The lowest BCUT2D eigenvalue weighted by molar-refractivity contribution is 0.170. The Balaban J connectivity index is 1.17. The number of pyridine rings is 2. The number of aromatic amines is 1. The molecule has 2 N–H and O–H groups in total. The van der Waals surface area contributed by atoms with Crippen LogP contribution in [0.4, 0.5) is 5.69 Å². The molecule has 1 aromatic carbocycles. The molecule has 6 rings (SSSR count). The highest BCUT2D eigenvalue weighted by Crippen LogP contribution is 2.29. The molecular formula is C30H35N7. The van der Waals surface area contributed by atoms with Crippen molar-refractivity contribution in [2.45, 2.75) is 39.3 Å². The van der Waals surface area contributed by atoms with Gasteiger partial charge in [-0.3, -0.25) is 24.9 Å². The lowest BCUT2D eigenvalue weighted by Crippen LogP contribution is -2.36. The summed E-state index contributed by atoms with van der Waals surface area (Å²) in [5.74, 6) is 0.839. The monoisotopic (exact) mass is 493 g/mol. The summed E-state index contributed by atoms with van der Waals surface area (Å²) in [6.07, 6.45) is 9.67. The largest absolute Gasteiger partial charge is 0.353 e. The summed E-state index contributed by atoms with van der Waals surface area (Å²) >= 11 is 0. The highest BCUT2D eigenvalue weighted by Gasteiger charge is 2.17. The predicted octanol–water partition coefficient (Wildman–Crippen LogP) is 5.54. The number of hydrogen-bond donors (Lipinski definition) is 2. The van der Waals surface area contributed by atoms with Crippen LogP contribution in [0.2, 0.25) is 0 Å². The number of anilines is 1. The molecule has 3 aromatic heterocycles. The molecule has 0 unspecified atom stereocenters. The molecule has 190 valence electrons. The number of nitrogens with zero attached hydrogens (tertiary/aromatic N) is 5. The first-order chi connectivity index (χ1) is 18.1. The van der Waals surface area contributed by atoms with Crippen LogP contribution >= 0.6 is 0 Å². The molecule has 7 nitrogen and oxygen atoms in total. The molecular weight excluding hydrogens is 458 g/mol. The van der Waals surface area contributed by atoms with E-state index < -0.39 is 0 Å². The van der Waals surface area contributed by atoms with Crippen molar-refractivity contribution in [3.63, 3.8) is 0 Å². The molecule has 7 heteroatoms. The summed E-state index contributed by atoms with van der Waals surface area (Å²) in [7, 11) is 0. The Hall–Kier alpha value is -3.55. The fourth-order valence-corrected chi connectivity index (χ4v) is 5.23. The van der Waals surface area contributed by atoms with E-state index in [-0.39, 0.29) is 0 Å². The Morgan fingerprint density at radius 2 is 1.81 bits per heavy atom. The Morgan fingerprint density at radius 1 is 0.973 bits per heavy atom. The maximum absolute atomic E-state index is 4.62. The maximum atomic E-state index is 4.62. The van der Waals surface area contributed by atoms with E-state index >= 15 is 0 Å². The summed E-state index contributed by atoms with van der Waals surface area (Å²) in [4.78, 5) is 14.1. The molecule has 0 saturated carbocycles. The second kappa shape index (κ2) is 10.4. The molecule has 0 aliphatic carbocycles. The van der Waals surface area contributed by atoms with Crippen molar-refractivity contribution in [1.82, 2.24) is 30.0 Å². The highest BCUT2D eigenvalue weighted by molar-refractivity contribution is 5.95. The third-order valence-electron chi connectivity index (χ3n) is 7.71. The van der Waals surface area contributed by atoms with Gasteiger partial charge in [0.2, 0.25) is 0 Å². The summed E-state index contributed by atoms with van der Waals surface area (Å²) in [5.41, 5.74) is 8.05. The third kappa shape index (κ3) is 5.43. The van der Waals surface area contributed by atoms with Crippen LogP contribution in [0.15, 0.2) is 61.6 Å². The van der Waals surface area contributed by atoms with E-state index in [1.54, 1.807) is 0 Å². The van der Waals surface area contributed by atoms with Gasteiger partial charge in [-0.2, -0.15) is 5.10 Å². The van der Waals surface area contributed by atoms with E-state index in [0.29, 0.717) is 0 Å². The van der Waals surface area contributed by atoms with Gasteiger partial charge < -0.3 is 5.32 Å². The fraction of sp³-hybridized carbons (Fsp3) is 0.367. The molecule has 5 heterocycles. The zero-order valence-corrected chi connectivity index (χ0v) is 21.6. The number of fused-ring (bicyclic) bond motifs is 1. The number of piperidine rings is 1. The van der Waals surface area contributed by atoms with Gasteiger partial charge in [0, 0.05) is 36.4 Å². The molecule has 2 aliphatic rings. The minimum absolute atomic E-state index is 0.742. The van der Waals surface area contributed by atoms with Crippen LogP contribution in [0.1, 0.15) is 43.1 Å². The first kappa shape index (κ1) is 23.8. The van der Waals surface area contributed by atoms with Crippen LogP contribution in [-0.2, 0) is 13.1 Å². The van der Waals surface area contributed by atoms with Gasteiger partial charge in [0.25, 0.3) is 0 Å². The third-order valence-corrected chi connectivity index (χ3v) is 7.71. The van der Waals surface area contributed by atoms with E-state index in [1.807, 2.05) is 18.6 Å². The van der Waals surface area contributed by atoms with E-state index in [2.05, 4.69) is 85.2 Å². The Labute approximate surface area is 218 Å². The number of aromatic nitrogens is 4. The number of H-pyrrole nitrogens is 1. The van der Waals surface area contributed by atoms with Crippen LogP contribution in [0.3, 0.4) is 0 Å². The molecule has 37 heavy (non-hydrogen) atoms. The Bertz CT molecular complexity index is 1380. The summed E-state index contributed by atoms with van der Waals surface area (Å²) < 4.78 is 0. The van der Waals surface area contributed by atoms with Gasteiger partial charge in [0.1, 0.15) is 5.69 Å². The van der Waals surface area contributed by atoms with Crippen LogP contribution < -0.4 is 5.32 Å². The molecule has 0 bridgehead atoms. The Kier molecular flexibility index (Phi) is 6.72. The van der Waals surface area contributed by atoms with Crippen LogP contribution in [0, 0.1) is 5.92 Å². The summed E-state index contributed by atoms with van der Waals surface area (Å²) in [5, 5.41) is 12.1. The van der Waals surface area contributed by atoms with Crippen LogP contribution in [0.5, 0.6) is 0 Å². The van der Waals surface area contributed by atoms with Gasteiger partial charge in [-0.15, -0.1) is 0 Å². The van der Waals surface area contributed by atoms with Crippen molar-refractivity contribution >= 4 is 22.3 Å². The fourth-order valence-electron chi connectivity index (χ4n) is 5.23. The van der Waals surface area contributed by atoms with Crippen LogP contribution in [0.25, 0.3) is 27.7 Å². The number of rotatable bonds is 8. The highest BCUT2D eigenvalue weighted by atomic mass is 15.2. The van der Waals surface area contributed by atoms with Crippen molar-refractivity contribution in [2.24, 2.45) is 5.92 Å². The van der Waals surface area contributed by atoms with Crippen molar-refractivity contribution in [1.29, 1.82) is 0 Å². The maximum Gasteiger partial charge on any atom is 0.116 e. The second-order valence-corrected chi connectivity index (χ2v) is 10.6. The van der Waals surface area contributed by atoms with Crippen molar-refractivity contribution in [2.75, 3.05) is 31.5 Å². The number of nitrogens with one attached hydrogen (secondary N) is 2. The lowest BCUT2D eigenvalue weighted by Gasteiger charge is -2.30. The molecule has 4 aromatic rings. The van der Waals surface area contributed by atoms with E-state index in [4.69, 9.17) is 0 Å². The predicted molar refractivity (Wildman–Crippen MR) is 150 cm³/mol. The normalized spacial score (nSPS) is 17.1. The summed E-state index contributed by atoms with van der Waals surface area (Å²) in [6, 6.07) is 12.8. The number of likely N-dealkylation sites (tertiary alicyclic amines) is 2. The molecule has 0 amide bonds. The van der Waals surface area contributed by atoms with Gasteiger partial charge in [-0.05, 0) is 92.8 Å². The first-order valence-electron chi connectivity index (χ1n) is 13.4.